The molecule has 0 aliphatic carbocycles. The Bertz CT molecular complexity index is 162. The van der Waals surface area contributed by atoms with Crippen LogP contribution in [0.1, 0.15) is 12.8 Å². The third-order valence-corrected chi connectivity index (χ3v) is 2.89. The number of aliphatic hydroxyl groups excluding tert-OH is 1. The maximum atomic E-state index is 9.67. The fraction of sp³-hybridized carbons (Fsp3) is 1.00. The van der Waals surface area contributed by atoms with Gasteiger partial charge in [0, 0.05) is 25.0 Å². The minimum atomic E-state index is -0.655. The van der Waals surface area contributed by atoms with Gasteiger partial charge in [0.1, 0.15) is 0 Å². The Labute approximate surface area is 84.1 Å². The molecule has 4 nitrogen and oxygen atoms in total. The average molecular weight is 202 g/mol. The molecular formula is C10H18O4. The maximum Gasteiger partial charge on any atom is 0.159 e. The van der Waals surface area contributed by atoms with Crippen molar-refractivity contribution in [2.45, 2.75) is 19.1 Å². The van der Waals surface area contributed by atoms with Gasteiger partial charge >= 0.3 is 0 Å². The van der Waals surface area contributed by atoms with E-state index in [-0.39, 0.29) is 5.92 Å². The van der Waals surface area contributed by atoms with Gasteiger partial charge in [-0.05, 0) is 12.8 Å². The molecule has 4 heteroatoms. The summed E-state index contributed by atoms with van der Waals surface area (Å²) in [5.74, 6) is 0.629. The first-order chi connectivity index (χ1) is 6.86. The van der Waals surface area contributed by atoms with E-state index in [9.17, 15) is 5.11 Å². The molecule has 2 rings (SSSR count). The first kappa shape index (κ1) is 10.4. The summed E-state index contributed by atoms with van der Waals surface area (Å²) in [6.45, 7) is 3.59. The zero-order chi connectivity index (χ0) is 9.80. The number of rotatable bonds is 4. The van der Waals surface area contributed by atoms with E-state index in [2.05, 4.69) is 0 Å². The number of hydrogen-bond acceptors (Lipinski definition) is 4. The van der Waals surface area contributed by atoms with Gasteiger partial charge in [-0.1, -0.05) is 0 Å². The van der Waals surface area contributed by atoms with Gasteiger partial charge in [0.2, 0.25) is 0 Å². The summed E-state index contributed by atoms with van der Waals surface area (Å²) in [4.78, 5) is 0. The van der Waals surface area contributed by atoms with Crippen LogP contribution in [0.4, 0.5) is 0 Å². The molecule has 0 bridgehead atoms. The molecule has 2 aliphatic rings. The normalized spacial score (nSPS) is 34.9. The van der Waals surface area contributed by atoms with Gasteiger partial charge < -0.3 is 19.3 Å². The van der Waals surface area contributed by atoms with E-state index in [0.29, 0.717) is 19.1 Å². The Balaban J connectivity index is 1.63. The van der Waals surface area contributed by atoms with Crippen LogP contribution in [0, 0.1) is 11.8 Å². The van der Waals surface area contributed by atoms with Crippen molar-refractivity contribution in [3.05, 3.63) is 0 Å². The van der Waals surface area contributed by atoms with Gasteiger partial charge in [-0.25, -0.2) is 0 Å². The van der Waals surface area contributed by atoms with E-state index in [1.54, 1.807) is 0 Å². The lowest BCUT2D eigenvalue weighted by Crippen LogP contribution is -2.26. The maximum absolute atomic E-state index is 9.67. The predicted molar refractivity (Wildman–Crippen MR) is 49.8 cm³/mol. The van der Waals surface area contributed by atoms with Gasteiger partial charge in [0.15, 0.2) is 6.29 Å². The smallest absolute Gasteiger partial charge is 0.159 e. The lowest BCUT2D eigenvalue weighted by Gasteiger charge is -2.18. The van der Waals surface area contributed by atoms with Crippen LogP contribution in [0.25, 0.3) is 0 Å². The Morgan fingerprint density at radius 2 is 2.00 bits per heavy atom. The predicted octanol–water partition coefficient (Wildman–Crippen LogP) is 0.394. The summed E-state index contributed by atoms with van der Waals surface area (Å²) < 4.78 is 15.8. The number of ether oxygens (including phenoxy) is 3. The molecule has 0 radical (unpaired) electrons. The zero-order valence-corrected chi connectivity index (χ0v) is 8.35. The Morgan fingerprint density at radius 1 is 1.21 bits per heavy atom. The van der Waals surface area contributed by atoms with E-state index in [1.165, 1.54) is 0 Å². The molecule has 2 aliphatic heterocycles. The van der Waals surface area contributed by atoms with Crippen molar-refractivity contribution >= 4 is 0 Å². The molecule has 14 heavy (non-hydrogen) atoms. The van der Waals surface area contributed by atoms with Gasteiger partial charge in [0.25, 0.3) is 0 Å². The highest BCUT2D eigenvalue weighted by atomic mass is 16.6. The van der Waals surface area contributed by atoms with Crippen molar-refractivity contribution in [3.8, 4) is 0 Å². The van der Waals surface area contributed by atoms with E-state index in [0.717, 1.165) is 32.7 Å². The Hall–Kier alpha value is -0.160. The summed E-state index contributed by atoms with van der Waals surface area (Å²) in [7, 11) is 0. The fourth-order valence-corrected chi connectivity index (χ4v) is 1.86. The molecule has 0 saturated carbocycles. The Kier molecular flexibility index (Phi) is 3.75. The molecule has 0 spiro atoms. The topological polar surface area (TPSA) is 47.9 Å². The molecule has 0 aromatic rings. The molecule has 0 aromatic heterocycles. The fourth-order valence-electron chi connectivity index (χ4n) is 1.86. The van der Waals surface area contributed by atoms with Crippen molar-refractivity contribution < 1.29 is 19.3 Å². The van der Waals surface area contributed by atoms with Crippen molar-refractivity contribution in [3.63, 3.8) is 0 Å². The molecule has 2 fully saturated rings. The Morgan fingerprint density at radius 3 is 2.64 bits per heavy atom. The third kappa shape index (κ3) is 2.67. The standard InChI is InChI=1S/C10H18O4/c11-10(9-2-4-13-7-9)14-6-8-1-3-12-5-8/h8-11H,1-7H2. The van der Waals surface area contributed by atoms with Crippen LogP contribution in [-0.4, -0.2) is 44.4 Å². The third-order valence-electron chi connectivity index (χ3n) is 2.89. The molecule has 82 valence electrons. The van der Waals surface area contributed by atoms with E-state index in [4.69, 9.17) is 14.2 Å². The second-order valence-electron chi connectivity index (χ2n) is 4.08. The monoisotopic (exact) mass is 202 g/mol. The van der Waals surface area contributed by atoms with E-state index < -0.39 is 6.29 Å². The highest BCUT2D eigenvalue weighted by Crippen LogP contribution is 2.19. The molecule has 0 amide bonds. The van der Waals surface area contributed by atoms with Crippen LogP contribution in [-0.2, 0) is 14.2 Å². The van der Waals surface area contributed by atoms with Gasteiger partial charge in [-0.3, -0.25) is 0 Å². The van der Waals surface area contributed by atoms with Crippen LogP contribution >= 0.6 is 0 Å². The summed E-state index contributed by atoms with van der Waals surface area (Å²) >= 11 is 0. The first-order valence-corrected chi connectivity index (χ1v) is 5.31. The lowest BCUT2D eigenvalue weighted by molar-refractivity contribution is -0.142. The minimum Gasteiger partial charge on any atom is -0.381 e. The lowest BCUT2D eigenvalue weighted by atomic mass is 10.1. The second kappa shape index (κ2) is 5.07. The second-order valence-corrected chi connectivity index (χ2v) is 4.08. The molecule has 2 saturated heterocycles. The zero-order valence-electron chi connectivity index (χ0n) is 8.35. The molecule has 3 unspecified atom stereocenters. The van der Waals surface area contributed by atoms with E-state index in [1.807, 2.05) is 0 Å². The highest BCUT2D eigenvalue weighted by Gasteiger charge is 2.26. The quantitative estimate of drug-likeness (QED) is 0.670. The molecule has 0 aromatic carbocycles. The van der Waals surface area contributed by atoms with Gasteiger partial charge in [-0.2, -0.15) is 0 Å². The SMILES string of the molecule is OC(OCC1CCOC1)C1CCOC1. The highest BCUT2D eigenvalue weighted by molar-refractivity contribution is 4.68. The molecular weight excluding hydrogens is 184 g/mol. The van der Waals surface area contributed by atoms with E-state index >= 15 is 0 Å². The average Bonchev–Trinajstić information content (AvgIpc) is 2.87. The van der Waals surface area contributed by atoms with Gasteiger partial charge in [0.05, 0.1) is 19.8 Å². The minimum absolute atomic E-state index is 0.164. The molecule has 1 N–H and O–H groups in total. The summed E-state index contributed by atoms with van der Waals surface area (Å²) in [5, 5.41) is 9.67. The molecule has 2 heterocycles. The van der Waals surface area contributed by atoms with Crippen LogP contribution in [0.3, 0.4) is 0 Å². The largest absolute Gasteiger partial charge is 0.381 e. The first-order valence-electron chi connectivity index (χ1n) is 5.31. The summed E-state index contributed by atoms with van der Waals surface area (Å²) in [6, 6.07) is 0. The summed E-state index contributed by atoms with van der Waals surface area (Å²) in [5.41, 5.74) is 0. The molecule has 3 atom stereocenters. The van der Waals surface area contributed by atoms with Crippen molar-refractivity contribution in [2.24, 2.45) is 11.8 Å². The van der Waals surface area contributed by atoms with Crippen LogP contribution in [0.2, 0.25) is 0 Å². The summed E-state index contributed by atoms with van der Waals surface area (Å²) in [6.07, 6.45) is 1.30. The van der Waals surface area contributed by atoms with Crippen molar-refractivity contribution in [2.75, 3.05) is 33.0 Å². The van der Waals surface area contributed by atoms with Crippen LogP contribution in [0.5, 0.6) is 0 Å². The van der Waals surface area contributed by atoms with Crippen molar-refractivity contribution in [1.82, 2.24) is 0 Å². The van der Waals surface area contributed by atoms with Crippen LogP contribution in [0.15, 0.2) is 0 Å². The number of hydrogen-bond donors (Lipinski definition) is 1. The number of aliphatic hydroxyl groups is 1. The van der Waals surface area contributed by atoms with Crippen LogP contribution < -0.4 is 0 Å². The van der Waals surface area contributed by atoms with Gasteiger partial charge in [-0.15, -0.1) is 0 Å². The van der Waals surface area contributed by atoms with Crippen molar-refractivity contribution in [1.29, 1.82) is 0 Å².